The molecule has 0 unspecified atom stereocenters. The summed E-state index contributed by atoms with van der Waals surface area (Å²) in [4.78, 5) is 24.6. The number of anilines is 1. The molecule has 6 nitrogen and oxygen atoms in total. The molecule has 1 aromatic carbocycles. The molecule has 0 bridgehead atoms. The van der Waals surface area contributed by atoms with Gasteiger partial charge in [0.15, 0.2) is 0 Å². The number of hydrogen-bond donors (Lipinski definition) is 1. The lowest BCUT2D eigenvalue weighted by Gasteiger charge is -2.32. The van der Waals surface area contributed by atoms with E-state index in [1.165, 1.54) is 43.6 Å². The average molecular weight is 478 g/mol. The highest BCUT2D eigenvalue weighted by Crippen LogP contribution is 2.32. The molecule has 2 aliphatic heterocycles. The zero-order chi connectivity index (χ0) is 23.3. The first-order valence-electron chi connectivity index (χ1n) is 12.6. The smallest absolute Gasteiger partial charge is 0.253 e. The highest BCUT2D eigenvalue weighted by atomic mass is 32.1. The quantitative estimate of drug-likeness (QED) is 0.503. The van der Waals surface area contributed by atoms with Gasteiger partial charge in [-0.25, -0.2) is 4.98 Å². The van der Waals surface area contributed by atoms with E-state index in [1.807, 2.05) is 29.2 Å². The number of piperidine rings is 1. The molecule has 2 aromatic heterocycles. The summed E-state index contributed by atoms with van der Waals surface area (Å²) in [5.74, 6) is 0.122. The molecule has 0 aliphatic carbocycles. The lowest BCUT2D eigenvalue weighted by Crippen LogP contribution is -2.47. The fourth-order valence-corrected chi connectivity index (χ4v) is 5.75. The Morgan fingerprint density at radius 2 is 1.76 bits per heavy atom. The maximum absolute atomic E-state index is 12.9. The summed E-state index contributed by atoms with van der Waals surface area (Å²) in [7, 11) is 2.10. The van der Waals surface area contributed by atoms with Crippen molar-refractivity contribution >= 4 is 33.1 Å². The Labute approximate surface area is 206 Å². The van der Waals surface area contributed by atoms with Gasteiger partial charge in [0.05, 0.1) is 21.6 Å². The molecule has 1 N–H and O–H groups in total. The monoisotopic (exact) mass is 477 g/mol. The van der Waals surface area contributed by atoms with Crippen LogP contribution in [0.15, 0.2) is 41.8 Å². The molecular formula is C27H35N5OS. The average Bonchev–Trinajstić information content (AvgIpc) is 3.36. The highest BCUT2D eigenvalue weighted by molar-refractivity contribution is 7.17. The van der Waals surface area contributed by atoms with Crippen molar-refractivity contribution in [3.8, 4) is 11.3 Å². The Bertz CT molecular complexity index is 1100. The van der Waals surface area contributed by atoms with E-state index in [-0.39, 0.29) is 5.91 Å². The first-order chi connectivity index (χ1) is 16.7. The second-order valence-electron chi connectivity index (χ2n) is 9.55. The van der Waals surface area contributed by atoms with Crippen LogP contribution in [-0.2, 0) is 0 Å². The molecule has 3 aromatic rings. The largest absolute Gasteiger partial charge is 0.384 e. The Hall–Kier alpha value is -2.48. The molecule has 2 fully saturated rings. The summed E-state index contributed by atoms with van der Waals surface area (Å²) in [6.07, 6.45) is 5.22. The lowest BCUT2D eigenvalue weighted by molar-refractivity contribution is 0.0664. The Kier molecular flexibility index (Phi) is 7.42. The van der Waals surface area contributed by atoms with Gasteiger partial charge in [0.25, 0.3) is 5.91 Å². The van der Waals surface area contributed by atoms with Crippen molar-refractivity contribution in [1.29, 1.82) is 0 Å². The summed E-state index contributed by atoms with van der Waals surface area (Å²) in [6, 6.07) is 12.2. The molecule has 0 spiro atoms. The van der Waals surface area contributed by atoms with Crippen LogP contribution in [-0.4, -0.2) is 85.0 Å². The van der Waals surface area contributed by atoms with Gasteiger partial charge in [-0.3, -0.25) is 4.79 Å². The Balaban J connectivity index is 1.26. The van der Waals surface area contributed by atoms with Gasteiger partial charge in [0.1, 0.15) is 0 Å². The molecule has 1 amide bonds. The number of aromatic nitrogens is 1. The number of fused-ring (bicyclic) bond motifs is 1. The molecule has 2 saturated heterocycles. The second kappa shape index (κ2) is 10.8. The highest BCUT2D eigenvalue weighted by Gasteiger charge is 2.20. The number of nitrogens with one attached hydrogen (secondary N) is 1. The van der Waals surface area contributed by atoms with E-state index in [9.17, 15) is 4.79 Å². The van der Waals surface area contributed by atoms with Crippen LogP contribution in [0.3, 0.4) is 0 Å². The number of carbonyl (C=O) groups excluding carboxylic acids is 1. The van der Waals surface area contributed by atoms with Crippen LogP contribution < -0.4 is 5.32 Å². The summed E-state index contributed by atoms with van der Waals surface area (Å²) < 4.78 is 1.21. The zero-order valence-electron chi connectivity index (χ0n) is 20.1. The molecule has 0 atom stereocenters. The molecule has 7 heteroatoms. The van der Waals surface area contributed by atoms with Gasteiger partial charge in [-0.05, 0) is 75.6 Å². The number of rotatable bonds is 7. The number of likely N-dealkylation sites (tertiary alicyclic amines) is 1. The van der Waals surface area contributed by atoms with Gasteiger partial charge in [-0.1, -0.05) is 18.6 Å². The normalized spacial score (nSPS) is 17.9. The van der Waals surface area contributed by atoms with E-state index in [4.69, 9.17) is 4.98 Å². The van der Waals surface area contributed by atoms with Gasteiger partial charge < -0.3 is 20.0 Å². The first-order valence-corrected chi connectivity index (χ1v) is 13.5. The number of likely N-dealkylation sites (N-methyl/N-ethyl adjacent to an activating group) is 1. The van der Waals surface area contributed by atoms with Crippen molar-refractivity contribution in [2.24, 2.45) is 0 Å². The number of hydrogen-bond acceptors (Lipinski definition) is 6. The third kappa shape index (κ3) is 5.43. The number of carbonyl (C=O) groups is 1. The molecule has 180 valence electrons. The van der Waals surface area contributed by atoms with Gasteiger partial charge in [-0.15, -0.1) is 11.3 Å². The van der Waals surface area contributed by atoms with Gasteiger partial charge in [0.2, 0.25) is 0 Å². The van der Waals surface area contributed by atoms with Gasteiger partial charge in [0, 0.05) is 43.9 Å². The molecule has 0 saturated carbocycles. The maximum atomic E-state index is 12.9. The van der Waals surface area contributed by atoms with Crippen molar-refractivity contribution in [1.82, 2.24) is 19.7 Å². The van der Waals surface area contributed by atoms with E-state index in [2.05, 4.69) is 39.7 Å². The van der Waals surface area contributed by atoms with Crippen molar-refractivity contribution in [3.05, 3.63) is 47.3 Å². The fourth-order valence-electron chi connectivity index (χ4n) is 4.92. The standard InChI is InChI=1S/C27H35N5OS/c1-30-15-17-32(18-16-30)27(33)22-8-6-21(7-9-22)24-20-25(26-23(29-24)10-19-34-26)28-11-5-14-31-12-3-2-4-13-31/h6-10,19-20H,2-5,11-18H2,1H3,(H,28,29). The summed E-state index contributed by atoms with van der Waals surface area (Å²) in [6.45, 7) is 8.08. The fraction of sp³-hybridized carbons (Fsp3) is 0.481. The van der Waals surface area contributed by atoms with Crippen LogP contribution in [0.5, 0.6) is 0 Å². The van der Waals surface area contributed by atoms with Crippen LogP contribution in [0.25, 0.3) is 21.5 Å². The van der Waals surface area contributed by atoms with E-state index >= 15 is 0 Å². The van der Waals surface area contributed by atoms with Crippen LogP contribution in [0.2, 0.25) is 0 Å². The third-order valence-corrected chi connectivity index (χ3v) is 7.98. The summed E-state index contributed by atoms with van der Waals surface area (Å²) >= 11 is 1.74. The second-order valence-corrected chi connectivity index (χ2v) is 10.5. The number of nitrogens with zero attached hydrogens (tertiary/aromatic N) is 4. The Morgan fingerprint density at radius 3 is 2.53 bits per heavy atom. The Morgan fingerprint density at radius 1 is 1.00 bits per heavy atom. The minimum absolute atomic E-state index is 0.122. The van der Waals surface area contributed by atoms with E-state index in [1.54, 1.807) is 11.3 Å². The van der Waals surface area contributed by atoms with Crippen molar-refractivity contribution in [3.63, 3.8) is 0 Å². The minimum atomic E-state index is 0.122. The van der Waals surface area contributed by atoms with Crippen LogP contribution in [0.1, 0.15) is 36.0 Å². The van der Waals surface area contributed by atoms with Crippen LogP contribution in [0.4, 0.5) is 5.69 Å². The summed E-state index contributed by atoms with van der Waals surface area (Å²) in [5, 5.41) is 5.79. The predicted molar refractivity (Wildman–Crippen MR) is 142 cm³/mol. The van der Waals surface area contributed by atoms with Crippen LogP contribution >= 0.6 is 11.3 Å². The number of pyridine rings is 1. The number of benzene rings is 1. The van der Waals surface area contributed by atoms with Crippen molar-refractivity contribution in [2.75, 3.05) is 64.7 Å². The number of thiophene rings is 1. The maximum Gasteiger partial charge on any atom is 0.253 e. The van der Waals surface area contributed by atoms with Crippen LogP contribution in [0, 0.1) is 0 Å². The molecular weight excluding hydrogens is 442 g/mol. The zero-order valence-corrected chi connectivity index (χ0v) is 20.9. The molecule has 34 heavy (non-hydrogen) atoms. The predicted octanol–water partition coefficient (Wildman–Crippen LogP) is 4.64. The third-order valence-electron chi connectivity index (χ3n) is 7.04. The molecule has 2 aliphatic rings. The molecule has 5 rings (SSSR count). The minimum Gasteiger partial charge on any atom is -0.384 e. The van der Waals surface area contributed by atoms with Gasteiger partial charge in [-0.2, -0.15) is 0 Å². The van der Waals surface area contributed by atoms with Gasteiger partial charge >= 0.3 is 0 Å². The number of amides is 1. The van der Waals surface area contributed by atoms with Crippen molar-refractivity contribution in [2.45, 2.75) is 25.7 Å². The topological polar surface area (TPSA) is 51.7 Å². The van der Waals surface area contributed by atoms with E-state index < -0.39 is 0 Å². The lowest BCUT2D eigenvalue weighted by atomic mass is 10.1. The number of piperazine rings is 1. The van der Waals surface area contributed by atoms with E-state index in [0.29, 0.717) is 0 Å². The van der Waals surface area contributed by atoms with E-state index in [0.717, 1.165) is 67.2 Å². The molecule has 4 heterocycles. The SMILES string of the molecule is CN1CCN(C(=O)c2ccc(-c3cc(NCCCN4CCCCC4)c4sccc4n3)cc2)CC1. The summed E-state index contributed by atoms with van der Waals surface area (Å²) in [5.41, 5.74) is 4.92. The van der Waals surface area contributed by atoms with Crippen molar-refractivity contribution < 1.29 is 4.79 Å². The first kappa shape index (κ1) is 23.3. The molecule has 0 radical (unpaired) electrons.